The van der Waals surface area contributed by atoms with E-state index in [2.05, 4.69) is 49.1 Å². The van der Waals surface area contributed by atoms with Crippen molar-refractivity contribution < 1.29 is 4.74 Å². The molecule has 0 aromatic heterocycles. The lowest BCUT2D eigenvalue weighted by molar-refractivity contribution is 0.138. The van der Waals surface area contributed by atoms with Gasteiger partial charge in [0.25, 0.3) is 0 Å². The standard InChI is InChI=1S/C16H23NOS/c1-16(2)8-14-7-12(3-4-15(14)18-16)9-17-10-13-5-6-19-11-13/h3-4,7,13,17H,5-6,8-11H2,1-2H3. The van der Waals surface area contributed by atoms with Gasteiger partial charge in [0.05, 0.1) is 0 Å². The Labute approximate surface area is 120 Å². The monoisotopic (exact) mass is 277 g/mol. The SMILES string of the molecule is CC1(C)Cc2cc(CNCC3CCSC3)ccc2O1. The molecule has 104 valence electrons. The van der Waals surface area contributed by atoms with Crippen LogP contribution in [0.15, 0.2) is 18.2 Å². The normalized spacial score (nSPS) is 24.2. The number of thioether (sulfide) groups is 1. The lowest BCUT2D eigenvalue weighted by atomic mass is 10.00. The quantitative estimate of drug-likeness (QED) is 0.913. The lowest BCUT2D eigenvalue weighted by Gasteiger charge is -2.16. The fourth-order valence-corrected chi connectivity index (χ4v) is 4.22. The first kappa shape index (κ1) is 13.3. The molecule has 1 atom stereocenters. The van der Waals surface area contributed by atoms with E-state index in [1.165, 1.54) is 29.1 Å². The zero-order chi connectivity index (χ0) is 13.3. The van der Waals surface area contributed by atoms with E-state index in [0.717, 1.165) is 31.2 Å². The Hall–Kier alpha value is -0.670. The van der Waals surface area contributed by atoms with Crippen molar-refractivity contribution in [3.05, 3.63) is 29.3 Å². The molecule has 2 aliphatic rings. The molecule has 2 nitrogen and oxygen atoms in total. The molecule has 1 saturated heterocycles. The van der Waals surface area contributed by atoms with Crippen LogP contribution in [0.1, 0.15) is 31.4 Å². The number of fused-ring (bicyclic) bond motifs is 1. The van der Waals surface area contributed by atoms with Crippen molar-refractivity contribution in [2.75, 3.05) is 18.1 Å². The highest BCUT2D eigenvalue weighted by atomic mass is 32.2. The van der Waals surface area contributed by atoms with Gasteiger partial charge in [-0.15, -0.1) is 0 Å². The number of ether oxygens (including phenoxy) is 1. The summed E-state index contributed by atoms with van der Waals surface area (Å²) in [5.74, 6) is 4.62. The average Bonchev–Trinajstić information content (AvgIpc) is 2.94. The third-order valence-corrected chi connectivity index (χ3v) is 5.14. The Balaban J connectivity index is 1.55. The second-order valence-corrected chi connectivity index (χ2v) is 7.49. The van der Waals surface area contributed by atoms with E-state index < -0.39 is 0 Å². The van der Waals surface area contributed by atoms with Gasteiger partial charge < -0.3 is 10.1 Å². The molecule has 1 fully saturated rings. The second kappa shape index (κ2) is 5.37. The number of hydrogen-bond acceptors (Lipinski definition) is 3. The summed E-state index contributed by atoms with van der Waals surface area (Å²) >= 11 is 2.09. The Bertz CT molecular complexity index is 452. The van der Waals surface area contributed by atoms with E-state index in [9.17, 15) is 0 Å². The molecule has 1 aromatic rings. The highest BCUT2D eigenvalue weighted by molar-refractivity contribution is 7.99. The minimum atomic E-state index is -0.0323. The van der Waals surface area contributed by atoms with Crippen LogP contribution in [0.4, 0.5) is 0 Å². The van der Waals surface area contributed by atoms with Gasteiger partial charge in [-0.2, -0.15) is 11.8 Å². The van der Waals surface area contributed by atoms with Crippen LogP contribution in [0.5, 0.6) is 5.75 Å². The van der Waals surface area contributed by atoms with Crippen LogP contribution in [0, 0.1) is 5.92 Å². The Kier molecular flexibility index (Phi) is 3.77. The lowest BCUT2D eigenvalue weighted by Crippen LogP contribution is -2.24. The van der Waals surface area contributed by atoms with E-state index in [4.69, 9.17) is 4.74 Å². The molecule has 3 heteroatoms. The van der Waals surface area contributed by atoms with Gasteiger partial charge in [-0.05, 0) is 61.4 Å². The number of benzene rings is 1. The summed E-state index contributed by atoms with van der Waals surface area (Å²) in [4.78, 5) is 0. The van der Waals surface area contributed by atoms with Crippen molar-refractivity contribution in [3.8, 4) is 5.75 Å². The first-order chi connectivity index (χ1) is 9.12. The first-order valence-electron chi connectivity index (χ1n) is 7.22. The summed E-state index contributed by atoms with van der Waals surface area (Å²) in [6.07, 6.45) is 2.40. The van der Waals surface area contributed by atoms with Crippen molar-refractivity contribution in [2.45, 2.75) is 38.8 Å². The molecular weight excluding hydrogens is 254 g/mol. The molecular formula is C16H23NOS. The van der Waals surface area contributed by atoms with Crippen LogP contribution in [0.2, 0.25) is 0 Å². The smallest absolute Gasteiger partial charge is 0.123 e. The molecule has 0 aliphatic carbocycles. The molecule has 0 radical (unpaired) electrons. The van der Waals surface area contributed by atoms with Crippen molar-refractivity contribution in [2.24, 2.45) is 5.92 Å². The molecule has 0 spiro atoms. The van der Waals surface area contributed by atoms with Crippen molar-refractivity contribution in [1.29, 1.82) is 0 Å². The number of nitrogens with one attached hydrogen (secondary N) is 1. The number of hydrogen-bond donors (Lipinski definition) is 1. The van der Waals surface area contributed by atoms with Gasteiger partial charge >= 0.3 is 0 Å². The zero-order valence-electron chi connectivity index (χ0n) is 11.9. The van der Waals surface area contributed by atoms with E-state index in [-0.39, 0.29) is 5.60 Å². The molecule has 1 unspecified atom stereocenters. The molecule has 1 N–H and O–H groups in total. The minimum absolute atomic E-state index is 0.0323. The van der Waals surface area contributed by atoms with Crippen molar-refractivity contribution in [1.82, 2.24) is 5.32 Å². The summed E-state index contributed by atoms with van der Waals surface area (Å²) in [5, 5.41) is 3.60. The Morgan fingerprint density at radius 1 is 1.42 bits per heavy atom. The average molecular weight is 277 g/mol. The maximum absolute atomic E-state index is 5.91. The summed E-state index contributed by atoms with van der Waals surface area (Å²) in [7, 11) is 0. The van der Waals surface area contributed by atoms with Gasteiger partial charge in [0, 0.05) is 13.0 Å². The Morgan fingerprint density at radius 2 is 2.32 bits per heavy atom. The fraction of sp³-hybridized carbons (Fsp3) is 0.625. The minimum Gasteiger partial charge on any atom is -0.487 e. The summed E-state index contributed by atoms with van der Waals surface area (Å²) in [6, 6.07) is 6.63. The van der Waals surface area contributed by atoms with E-state index in [0.29, 0.717) is 0 Å². The third kappa shape index (κ3) is 3.26. The summed E-state index contributed by atoms with van der Waals surface area (Å²) < 4.78 is 5.91. The van der Waals surface area contributed by atoms with Crippen LogP contribution >= 0.6 is 11.8 Å². The summed E-state index contributed by atoms with van der Waals surface area (Å²) in [5.41, 5.74) is 2.71. The van der Waals surface area contributed by atoms with Gasteiger partial charge in [-0.1, -0.05) is 12.1 Å². The molecule has 19 heavy (non-hydrogen) atoms. The van der Waals surface area contributed by atoms with Gasteiger partial charge in [-0.3, -0.25) is 0 Å². The molecule has 0 amide bonds. The van der Waals surface area contributed by atoms with Gasteiger partial charge in [0.15, 0.2) is 0 Å². The maximum Gasteiger partial charge on any atom is 0.123 e. The van der Waals surface area contributed by atoms with Crippen molar-refractivity contribution >= 4 is 11.8 Å². The molecule has 0 bridgehead atoms. The van der Waals surface area contributed by atoms with E-state index >= 15 is 0 Å². The highest BCUT2D eigenvalue weighted by Gasteiger charge is 2.29. The van der Waals surface area contributed by atoms with Gasteiger partial charge in [0.1, 0.15) is 11.4 Å². The van der Waals surface area contributed by atoms with Gasteiger partial charge in [0.2, 0.25) is 0 Å². The van der Waals surface area contributed by atoms with Crippen LogP contribution in [0.3, 0.4) is 0 Å². The van der Waals surface area contributed by atoms with Crippen LogP contribution in [-0.4, -0.2) is 23.7 Å². The fourth-order valence-electron chi connectivity index (χ4n) is 2.94. The second-order valence-electron chi connectivity index (χ2n) is 6.34. The van der Waals surface area contributed by atoms with Crippen LogP contribution in [0.25, 0.3) is 0 Å². The molecule has 2 heterocycles. The predicted octanol–water partition coefficient (Wildman–Crippen LogP) is 3.24. The molecule has 3 rings (SSSR count). The summed E-state index contributed by atoms with van der Waals surface area (Å²) in [6.45, 7) is 6.45. The van der Waals surface area contributed by atoms with E-state index in [1.807, 2.05) is 0 Å². The van der Waals surface area contributed by atoms with Crippen LogP contribution < -0.4 is 10.1 Å². The van der Waals surface area contributed by atoms with Gasteiger partial charge in [-0.25, -0.2) is 0 Å². The zero-order valence-corrected chi connectivity index (χ0v) is 12.7. The number of rotatable bonds is 4. The third-order valence-electron chi connectivity index (χ3n) is 3.91. The first-order valence-corrected chi connectivity index (χ1v) is 8.37. The maximum atomic E-state index is 5.91. The van der Waals surface area contributed by atoms with Crippen LogP contribution in [-0.2, 0) is 13.0 Å². The molecule has 1 aromatic carbocycles. The largest absolute Gasteiger partial charge is 0.487 e. The topological polar surface area (TPSA) is 21.3 Å². The van der Waals surface area contributed by atoms with E-state index in [1.54, 1.807) is 0 Å². The Morgan fingerprint density at radius 3 is 3.11 bits per heavy atom. The predicted molar refractivity (Wildman–Crippen MR) is 82.0 cm³/mol. The molecule has 0 saturated carbocycles. The highest BCUT2D eigenvalue weighted by Crippen LogP contribution is 2.35. The molecule has 2 aliphatic heterocycles. The van der Waals surface area contributed by atoms with Crippen molar-refractivity contribution in [3.63, 3.8) is 0 Å².